The van der Waals surface area contributed by atoms with Gasteiger partial charge in [0, 0.05) is 10.8 Å². The molecular weight excluding hydrogens is 673 g/mol. The van der Waals surface area contributed by atoms with E-state index in [1.807, 2.05) is 0 Å². The lowest BCUT2D eigenvalue weighted by molar-refractivity contribution is 0.579. The smallest absolute Gasteiger partial charge is 0.0159 e. The van der Waals surface area contributed by atoms with E-state index in [0.717, 1.165) is 0 Å². The zero-order chi connectivity index (χ0) is 40.7. The highest BCUT2D eigenvalue weighted by Gasteiger charge is 2.41. The van der Waals surface area contributed by atoms with E-state index < -0.39 is 0 Å². The van der Waals surface area contributed by atoms with Crippen LogP contribution in [0.1, 0.15) is 155 Å². The Labute approximate surface area is 338 Å². The summed E-state index contributed by atoms with van der Waals surface area (Å²) in [7, 11) is 0. The maximum Gasteiger partial charge on any atom is 0.0159 e. The predicted molar refractivity (Wildman–Crippen MR) is 245 cm³/mol. The normalized spacial score (nSPS) is 15.8. The molecule has 0 aliphatic heterocycles. The van der Waals surface area contributed by atoms with E-state index in [0.29, 0.717) is 0 Å². The van der Waals surface area contributed by atoms with Gasteiger partial charge in [-0.1, -0.05) is 196 Å². The van der Waals surface area contributed by atoms with Crippen molar-refractivity contribution in [3.63, 3.8) is 0 Å². The number of benzene rings is 6. The standard InChI is InChI=1S/C56H64/c1-51(2,3)33-21-23-41-45(29-33)55(13,14)47-31-35(53(7,8)9)27-43(49(41)47)39-25-26-40(38-20-18-17-19-37(38)39)44-28-36(54(10,11)12)32-48-50(44)42-24-22-34(52(4,5)6)30-46(42)56(48,15)16/h17-32H,1-16H3. The van der Waals surface area contributed by atoms with Crippen molar-refractivity contribution < 1.29 is 0 Å². The average molecular weight is 737 g/mol. The Bertz CT molecular complexity index is 2410. The van der Waals surface area contributed by atoms with E-state index in [2.05, 4.69) is 208 Å². The monoisotopic (exact) mass is 737 g/mol. The molecule has 0 nitrogen and oxygen atoms in total. The van der Waals surface area contributed by atoms with Crippen LogP contribution in [0, 0.1) is 0 Å². The third-order valence-electron chi connectivity index (χ3n) is 13.5. The summed E-state index contributed by atoms with van der Waals surface area (Å²) in [5, 5.41) is 2.62. The molecule has 6 aromatic rings. The summed E-state index contributed by atoms with van der Waals surface area (Å²) >= 11 is 0. The molecule has 0 amide bonds. The number of rotatable bonds is 2. The van der Waals surface area contributed by atoms with Crippen LogP contribution in [0.3, 0.4) is 0 Å². The summed E-state index contributed by atoms with van der Waals surface area (Å²) in [4.78, 5) is 0. The van der Waals surface area contributed by atoms with E-state index >= 15 is 0 Å². The van der Waals surface area contributed by atoms with Crippen LogP contribution in [0.2, 0.25) is 0 Å². The lowest BCUT2D eigenvalue weighted by Gasteiger charge is -2.28. The summed E-state index contributed by atoms with van der Waals surface area (Å²) in [6.07, 6.45) is 0. The quantitative estimate of drug-likeness (QED) is 0.166. The molecule has 0 N–H and O–H groups in total. The number of hydrogen-bond donors (Lipinski definition) is 0. The van der Waals surface area contributed by atoms with Crippen molar-refractivity contribution >= 4 is 10.8 Å². The molecule has 2 aliphatic rings. The number of hydrogen-bond acceptors (Lipinski definition) is 0. The van der Waals surface area contributed by atoms with Crippen molar-refractivity contribution in [2.75, 3.05) is 0 Å². The van der Waals surface area contributed by atoms with Gasteiger partial charge in [-0.3, -0.25) is 0 Å². The first-order chi connectivity index (χ1) is 25.8. The minimum atomic E-state index is -0.112. The fraction of sp³-hybridized carbons (Fsp3) is 0.393. The highest BCUT2D eigenvalue weighted by molar-refractivity contribution is 6.10. The molecule has 0 fully saturated rings. The first-order valence-electron chi connectivity index (χ1n) is 21.0. The third-order valence-corrected chi connectivity index (χ3v) is 13.5. The van der Waals surface area contributed by atoms with Gasteiger partial charge in [0.2, 0.25) is 0 Å². The van der Waals surface area contributed by atoms with Gasteiger partial charge in [-0.2, -0.15) is 0 Å². The molecule has 8 rings (SSSR count). The van der Waals surface area contributed by atoms with E-state index in [-0.39, 0.29) is 32.5 Å². The van der Waals surface area contributed by atoms with E-state index in [1.54, 1.807) is 0 Å². The van der Waals surface area contributed by atoms with Crippen molar-refractivity contribution in [2.24, 2.45) is 0 Å². The Morgan fingerprint density at radius 3 is 0.929 bits per heavy atom. The predicted octanol–water partition coefficient (Wildman–Crippen LogP) is 16.0. The summed E-state index contributed by atoms with van der Waals surface area (Å²) < 4.78 is 0. The molecular formula is C56H64. The summed E-state index contributed by atoms with van der Waals surface area (Å²) in [6, 6.07) is 38.8. The zero-order valence-corrected chi connectivity index (χ0v) is 37.2. The Morgan fingerprint density at radius 2 is 0.607 bits per heavy atom. The molecule has 0 radical (unpaired) electrons. The fourth-order valence-corrected chi connectivity index (χ4v) is 9.69. The Balaban J connectivity index is 1.43. The molecule has 0 saturated carbocycles. The van der Waals surface area contributed by atoms with Gasteiger partial charge in [0.05, 0.1) is 0 Å². The van der Waals surface area contributed by atoms with Crippen LogP contribution in [0.4, 0.5) is 0 Å². The zero-order valence-electron chi connectivity index (χ0n) is 37.2. The average Bonchev–Trinajstić information content (AvgIpc) is 3.48. The molecule has 2 aliphatic carbocycles. The van der Waals surface area contributed by atoms with Crippen molar-refractivity contribution in [1.29, 1.82) is 0 Å². The maximum atomic E-state index is 2.53. The minimum Gasteiger partial charge on any atom is -0.0616 e. The molecule has 0 saturated heterocycles. The van der Waals surface area contributed by atoms with Crippen LogP contribution in [0.15, 0.2) is 97.1 Å². The Hall–Kier alpha value is -4.42. The second kappa shape index (κ2) is 12.0. The van der Waals surface area contributed by atoms with Crippen molar-refractivity contribution in [2.45, 2.75) is 143 Å². The largest absolute Gasteiger partial charge is 0.0616 e. The van der Waals surface area contributed by atoms with Gasteiger partial charge in [0.1, 0.15) is 0 Å². The van der Waals surface area contributed by atoms with Gasteiger partial charge < -0.3 is 0 Å². The van der Waals surface area contributed by atoms with Crippen molar-refractivity contribution in [3.8, 4) is 44.5 Å². The third kappa shape index (κ3) is 5.84. The van der Waals surface area contributed by atoms with Crippen LogP contribution in [-0.4, -0.2) is 0 Å². The maximum absolute atomic E-state index is 2.53. The molecule has 56 heavy (non-hydrogen) atoms. The molecule has 0 bridgehead atoms. The van der Waals surface area contributed by atoms with Gasteiger partial charge in [-0.05, 0) is 134 Å². The van der Waals surface area contributed by atoms with Crippen molar-refractivity contribution in [3.05, 3.63) is 142 Å². The van der Waals surface area contributed by atoms with Gasteiger partial charge in [-0.15, -0.1) is 0 Å². The number of fused-ring (bicyclic) bond motifs is 7. The van der Waals surface area contributed by atoms with Gasteiger partial charge >= 0.3 is 0 Å². The van der Waals surface area contributed by atoms with Crippen LogP contribution in [0.25, 0.3) is 55.3 Å². The molecule has 288 valence electrons. The second-order valence-corrected chi connectivity index (χ2v) is 22.4. The Kier molecular flexibility index (Phi) is 8.27. The van der Waals surface area contributed by atoms with Crippen LogP contribution in [-0.2, 0) is 32.5 Å². The summed E-state index contributed by atoms with van der Waals surface area (Å²) in [6.45, 7) is 37.9. The lowest BCUT2D eigenvalue weighted by atomic mass is 9.75. The molecule has 0 unspecified atom stereocenters. The molecule has 0 atom stereocenters. The molecule has 6 aromatic carbocycles. The summed E-state index contributed by atoms with van der Waals surface area (Å²) in [5.74, 6) is 0. The Morgan fingerprint density at radius 1 is 0.304 bits per heavy atom. The molecule has 0 spiro atoms. The first kappa shape index (κ1) is 38.5. The lowest BCUT2D eigenvalue weighted by Crippen LogP contribution is -2.19. The van der Waals surface area contributed by atoms with Crippen LogP contribution < -0.4 is 0 Å². The molecule has 0 heterocycles. The first-order valence-corrected chi connectivity index (χ1v) is 21.0. The van der Waals surface area contributed by atoms with E-state index in [9.17, 15) is 0 Å². The van der Waals surface area contributed by atoms with E-state index in [1.165, 1.54) is 99.8 Å². The van der Waals surface area contributed by atoms with Gasteiger partial charge in [0.25, 0.3) is 0 Å². The van der Waals surface area contributed by atoms with E-state index in [4.69, 9.17) is 0 Å². The highest BCUT2D eigenvalue weighted by atomic mass is 14.4. The topological polar surface area (TPSA) is 0 Å². The van der Waals surface area contributed by atoms with Gasteiger partial charge in [0.15, 0.2) is 0 Å². The second-order valence-electron chi connectivity index (χ2n) is 22.4. The SMILES string of the molecule is CC(C)(C)c1ccc2c(c1)C(C)(C)c1cc(C(C)(C)C)cc(-c3ccc(-c4cc(C(C)(C)C)cc5c4-c4ccc(C(C)(C)C)cc4C5(C)C)c4ccccc34)c1-2. The van der Waals surface area contributed by atoms with Crippen LogP contribution >= 0.6 is 0 Å². The van der Waals surface area contributed by atoms with Crippen molar-refractivity contribution in [1.82, 2.24) is 0 Å². The highest BCUT2D eigenvalue weighted by Crippen LogP contribution is 2.57. The van der Waals surface area contributed by atoms with Crippen LogP contribution in [0.5, 0.6) is 0 Å². The summed E-state index contributed by atoms with van der Waals surface area (Å²) in [5.41, 5.74) is 22.2. The molecule has 0 aromatic heterocycles. The molecule has 0 heteroatoms. The fourth-order valence-electron chi connectivity index (χ4n) is 9.69. The minimum absolute atomic E-state index is 0.00193. The van der Waals surface area contributed by atoms with Gasteiger partial charge in [-0.25, -0.2) is 0 Å².